The van der Waals surface area contributed by atoms with Crippen LogP contribution in [0.2, 0.25) is 0 Å². The molecular formula is C20H17NO5. The number of nitrogens with one attached hydrogen (secondary N) is 1. The molecule has 0 unspecified atom stereocenters. The molecule has 0 radical (unpaired) electrons. The molecule has 0 saturated heterocycles. The Morgan fingerprint density at radius 2 is 1.69 bits per heavy atom. The van der Waals surface area contributed by atoms with E-state index >= 15 is 0 Å². The van der Waals surface area contributed by atoms with Crippen LogP contribution in [-0.4, -0.2) is 26.9 Å². The van der Waals surface area contributed by atoms with Gasteiger partial charge in [-0.3, -0.25) is 14.4 Å². The number of ketones is 1. The summed E-state index contributed by atoms with van der Waals surface area (Å²) in [6.45, 7) is -0.487. The smallest absolute Gasteiger partial charge is 0.303 e. The van der Waals surface area contributed by atoms with Crippen LogP contribution in [0.4, 0.5) is 0 Å². The number of H-pyrrole nitrogens is 1. The minimum absolute atomic E-state index is 0.172. The predicted molar refractivity (Wildman–Crippen MR) is 97.1 cm³/mol. The number of aromatic nitrogens is 1. The number of aromatic amines is 1. The van der Waals surface area contributed by atoms with Crippen molar-refractivity contribution >= 4 is 22.7 Å². The van der Waals surface area contributed by atoms with Gasteiger partial charge in [-0.25, -0.2) is 0 Å². The van der Waals surface area contributed by atoms with Crippen LogP contribution in [0, 0.1) is 0 Å². The Morgan fingerprint density at radius 1 is 0.962 bits per heavy atom. The Kier molecular flexibility index (Phi) is 4.95. The number of carboxylic acids is 1. The number of Topliss-reactive ketones (excluding diaryl/α,β-unsaturated/α-hetero) is 1. The summed E-state index contributed by atoms with van der Waals surface area (Å²) in [4.78, 5) is 38.0. The van der Waals surface area contributed by atoms with Gasteiger partial charge in [0.2, 0.25) is 0 Å². The molecule has 0 atom stereocenters. The van der Waals surface area contributed by atoms with Gasteiger partial charge in [-0.2, -0.15) is 0 Å². The highest BCUT2D eigenvalue weighted by molar-refractivity contribution is 6.02. The van der Waals surface area contributed by atoms with E-state index < -0.39 is 23.9 Å². The molecule has 1 aromatic heterocycles. The topological polar surface area (TPSA) is 107 Å². The number of benzene rings is 2. The van der Waals surface area contributed by atoms with Gasteiger partial charge in [-0.1, -0.05) is 42.5 Å². The van der Waals surface area contributed by atoms with Crippen LogP contribution >= 0.6 is 0 Å². The van der Waals surface area contributed by atoms with Gasteiger partial charge < -0.3 is 15.2 Å². The van der Waals surface area contributed by atoms with E-state index in [9.17, 15) is 19.5 Å². The van der Waals surface area contributed by atoms with Crippen molar-refractivity contribution in [2.24, 2.45) is 0 Å². The summed E-state index contributed by atoms with van der Waals surface area (Å²) in [6, 6.07) is 15.0. The number of carbonyl (C=O) groups excluding carboxylic acids is 1. The molecule has 0 aliphatic heterocycles. The van der Waals surface area contributed by atoms with Gasteiger partial charge in [0.15, 0.2) is 5.78 Å². The molecule has 2 aromatic carbocycles. The molecular weight excluding hydrogens is 334 g/mol. The average molecular weight is 351 g/mol. The lowest BCUT2D eigenvalue weighted by Gasteiger charge is -2.11. The minimum Gasteiger partial charge on any atom is -0.481 e. The fourth-order valence-corrected chi connectivity index (χ4v) is 2.98. The number of aliphatic carboxylic acids is 1. The van der Waals surface area contributed by atoms with Crippen LogP contribution in [-0.2, 0) is 11.4 Å². The zero-order valence-electron chi connectivity index (χ0n) is 13.9. The van der Waals surface area contributed by atoms with E-state index in [2.05, 4.69) is 4.98 Å². The Hall–Kier alpha value is -3.25. The normalized spacial score (nSPS) is 10.8. The third kappa shape index (κ3) is 3.41. The highest BCUT2D eigenvalue weighted by Gasteiger charge is 2.19. The summed E-state index contributed by atoms with van der Waals surface area (Å²) < 4.78 is 0. The summed E-state index contributed by atoms with van der Waals surface area (Å²) >= 11 is 0. The molecule has 26 heavy (non-hydrogen) atoms. The van der Waals surface area contributed by atoms with E-state index in [4.69, 9.17) is 5.11 Å². The van der Waals surface area contributed by atoms with E-state index in [1.807, 2.05) is 36.4 Å². The zero-order chi connectivity index (χ0) is 18.7. The first-order valence-corrected chi connectivity index (χ1v) is 8.11. The van der Waals surface area contributed by atoms with Crippen LogP contribution in [0.3, 0.4) is 0 Å². The van der Waals surface area contributed by atoms with Gasteiger partial charge in [-0.15, -0.1) is 0 Å². The molecule has 0 bridgehead atoms. The van der Waals surface area contributed by atoms with Crippen molar-refractivity contribution < 1.29 is 19.8 Å². The minimum atomic E-state index is -1.12. The SMILES string of the molecule is O=C(O)CCC(=O)c1c(CO)c2ccc(-c3ccccc3)cc2[nH]c1=O. The van der Waals surface area contributed by atoms with E-state index in [-0.39, 0.29) is 24.0 Å². The van der Waals surface area contributed by atoms with Crippen molar-refractivity contribution in [1.29, 1.82) is 0 Å². The third-order valence-electron chi connectivity index (χ3n) is 4.23. The van der Waals surface area contributed by atoms with Gasteiger partial charge in [0.1, 0.15) is 0 Å². The van der Waals surface area contributed by atoms with Crippen molar-refractivity contribution in [3.8, 4) is 11.1 Å². The molecule has 0 fully saturated rings. The van der Waals surface area contributed by atoms with Crippen LogP contribution in [0.1, 0.15) is 28.8 Å². The summed E-state index contributed by atoms with van der Waals surface area (Å²) in [5.41, 5.74) is 1.80. The molecule has 0 amide bonds. The maximum Gasteiger partial charge on any atom is 0.303 e. The number of hydrogen-bond donors (Lipinski definition) is 3. The number of rotatable bonds is 6. The van der Waals surface area contributed by atoms with Crippen molar-refractivity contribution in [2.75, 3.05) is 0 Å². The molecule has 3 aromatic rings. The molecule has 0 spiro atoms. The largest absolute Gasteiger partial charge is 0.481 e. The highest BCUT2D eigenvalue weighted by atomic mass is 16.4. The first kappa shape index (κ1) is 17.6. The second-order valence-electron chi connectivity index (χ2n) is 5.91. The number of hydrogen-bond acceptors (Lipinski definition) is 4. The van der Waals surface area contributed by atoms with Gasteiger partial charge in [-0.05, 0) is 17.2 Å². The Labute approximate surface area is 148 Å². The molecule has 0 aliphatic rings. The number of pyridine rings is 1. The lowest BCUT2D eigenvalue weighted by molar-refractivity contribution is -0.136. The molecule has 6 nitrogen and oxygen atoms in total. The molecule has 0 saturated carbocycles. The standard InChI is InChI=1S/C20H17NO5/c22-11-15-14-7-6-13(12-4-2-1-3-5-12)10-16(14)21-20(26)19(15)17(23)8-9-18(24)25/h1-7,10,22H,8-9,11H2,(H,21,26)(H,24,25). The third-order valence-corrected chi connectivity index (χ3v) is 4.23. The lowest BCUT2D eigenvalue weighted by atomic mass is 9.96. The van der Waals surface area contributed by atoms with Crippen LogP contribution in [0.25, 0.3) is 22.0 Å². The quantitative estimate of drug-likeness (QED) is 0.592. The Balaban J connectivity index is 2.12. The van der Waals surface area contributed by atoms with Crippen molar-refractivity contribution in [3.63, 3.8) is 0 Å². The molecule has 0 aliphatic carbocycles. The number of aliphatic hydroxyl groups excluding tert-OH is 1. The van der Waals surface area contributed by atoms with Crippen molar-refractivity contribution in [1.82, 2.24) is 4.98 Å². The molecule has 1 heterocycles. The summed E-state index contributed by atoms with van der Waals surface area (Å²) in [7, 11) is 0. The number of fused-ring (bicyclic) bond motifs is 1. The molecule has 6 heteroatoms. The van der Waals surface area contributed by atoms with E-state index in [0.717, 1.165) is 11.1 Å². The maximum absolute atomic E-state index is 12.4. The second kappa shape index (κ2) is 7.33. The first-order chi connectivity index (χ1) is 12.5. The summed E-state index contributed by atoms with van der Waals surface area (Å²) in [5.74, 6) is -1.71. The summed E-state index contributed by atoms with van der Waals surface area (Å²) in [6.07, 6.45) is -0.660. The van der Waals surface area contributed by atoms with Gasteiger partial charge in [0, 0.05) is 22.9 Å². The second-order valence-corrected chi connectivity index (χ2v) is 5.91. The molecule has 3 rings (SSSR count). The number of carboxylic acid groups (broad SMARTS) is 1. The first-order valence-electron chi connectivity index (χ1n) is 8.11. The monoisotopic (exact) mass is 351 g/mol. The number of aliphatic hydroxyl groups is 1. The van der Waals surface area contributed by atoms with Crippen LogP contribution in [0.5, 0.6) is 0 Å². The lowest BCUT2D eigenvalue weighted by Crippen LogP contribution is -2.22. The van der Waals surface area contributed by atoms with Crippen LogP contribution in [0.15, 0.2) is 53.3 Å². The van der Waals surface area contributed by atoms with Gasteiger partial charge in [0.25, 0.3) is 5.56 Å². The fraction of sp³-hybridized carbons (Fsp3) is 0.150. The predicted octanol–water partition coefficient (Wildman–Crippen LogP) is 2.73. The maximum atomic E-state index is 12.4. The average Bonchev–Trinajstić information content (AvgIpc) is 2.65. The van der Waals surface area contributed by atoms with E-state index in [1.54, 1.807) is 12.1 Å². The van der Waals surface area contributed by atoms with Gasteiger partial charge >= 0.3 is 5.97 Å². The van der Waals surface area contributed by atoms with E-state index in [1.165, 1.54) is 0 Å². The number of carbonyl (C=O) groups is 2. The fourth-order valence-electron chi connectivity index (χ4n) is 2.98. The Bertz CT molecular complexity index is 1040. The highest BCUT2D eigenvalue weighted by Crippen LogP contribution is 2.26. The van der Waals surface area contributed by atoms with Gasteiger partial charge in [0.05, 0.1) is 18.6 Å². The van der Waals surface area contributed by atoms with Crippen molar-refractivity contribution in [2.45, 2.75) is 19.4 Å². The Morgan fingerprint density at radius 3 is 2.35 bits per heavy atom. The van der Waals surface area contributed by atoms with Crippen LogP contribution < -0.4 is 5.56 Å². The molecule has 132 valence electrons. The van der Waals surface area contributed by atoms with Crippen molar-refractivity contribution in [3.05, 3.63) is 70.0 Å². The summed E-state index contributed by atoms with van der Waals surface area (Å²) in [5, 5.41) is 19.0. The molecule has 3 N–H and O–H groups in total. The van der Waals surface area contributed by atoms with E-state index in [0.29, 0.717) is 10.9 Å². The zero-order valence-corrected chi connectivity index (χ0v) is 13.9.